The molecule has 0 heterocycles. The second kappa shape index (κ2) is 7.35. The molecule has 0 saturated carbocycles. The van der Waals surface area contributed by atoms with Crippen molar-refractivity contribution in [3.8, 4) is 0 Å². The number of rotatable bonds is 6. The minimum atomic E-state index is -0.365. The molecule has 1 atom stereocenters. The van der Waals surface area contributed by atoms with E-state index in [1.807, 2.05) is 6.92 Å². The monoisotopic (exact) mass is 202 g/mol. The van der Waals surface area contributed by atoms with Gasteiger partial charge in [0, 0.05) is 6.92 Å². The number of hydrogen-bond acceptors (Lipinski definition) is 4. The first-order valence-corrected chi connectivity index (χ1v) is 4.91. The highest BCUT2D eigenvalue weighted by molar-refractivity contribution is 5.73. The molecule has 4 heteroatoms. The highest BCUT2D eigenvalue weighted by Gasteiger charge is 2.19. The van der Waals surface area contributed by atoms with Crippen molar-refractivity contribution in [1.82, 2.24) is 0 Å². The fourth-order valence-electron chi connectivity index (χ4n) is 1.10. The Labute approximate surface area is 84.6 Å². The van der Waals surface area contributed by atoms with Crippen LogP contribution in [-0.2, 0) is 19.1 Å². The zero-order valence-electron chi connectivity index (χ0n) is 9.04. The smallest absolute Gasteiger partial charge is 0.312 e. The van der Waals surface area contributed by atoms with Crippen molar-refractivity contribution in [3.63, 3.8) is 0 Å². The van der Waals surface area contributed by atoms with Gasteiger partial charge in [-0.25, -0.2) is 0 Å². The molecule has 0 saturated heterocycles. The fraction of sp³-hybridized carbons (Fsp3) is 0.800. The molecule has 1 unspecified atom stereocenters. The zero-order valence-corrected chi connectivity index (χ0v) is 9.04. The van der Waals surface area contributed by atoms with Crippen LogP contribution in [0.4, 0.5) is 0 Å². The Bertz CT molecular complexity index is 189. The molecular weight excluding hydrogens is 184 g/mol. The molecule has 0 rings (SSSR count). The van der Waals surface area contributed by atoms with Crippen LogP contribution in [0.2, 0.25) is 0 Å². The van der Waals surface area contributed by atoms with Crippen molar-refractivity contribution in [1.29, 1.82) is 0 Å². The minimum absolute atomic E-state index is 0.127. The summed E-state index contributed by atoms with van der Waals surface area (Å²) in [5.74, 6) is -0.963. The predicted molar refractivity (Wildman–Crippen MR) is 51.7 cm³/mol. The molecule has 0 aliphatic carbocycles. The fourth-order valence-corrected chi connectivity index (χ4v) is 1.10. The maximum atomic E-state index is 11.3. The molecule has 0 aliphatic heterocycles. The highest BCUT2D eigenvalue weighted by atomic mass is 16.5. The lowest BCUT2D eigenvalue weighted by Gasteiger charge is -2.13. The lowest BCUT2D eigenvalue weighted by molar-refractivity contribution is -0.154. The van der Waals surface area contributed by atoms with Crippen molar-refractivity contribution >= 4 is 11.9 Å². The molecule has 0 N–H and O–H groups in total. The molecule has 0 amide bonds. The first-order valence-electron chi connectivity index (χ1n) is 4.91. The van der Waals surface area contributed by atoms with Crippen molar-refractivity contribution in [2.45, 2.75) is 33.6 Å². The van der Waals surface area contributed by atoms with Crippen LogP contribution in [0.25, 0.3) is 0 Å². The van der Waals surface area contributed by atoms with Crippen molar-refractivity contribution in [3.05, 3.63) is 0 Å². The van der Waals surface area contributed by atoms with Gasteiger partial charge in [-0.15, -0.1) is 0 Å². The summed E-state index contributed by atoms with van der Waals surface area (Å²) in [6.45, 7) is 5.54. The van der Waals surface area contributed by atoms with Crippen LogP contribution in [0.3, 0.4) is 0 Å². The Morgan fingerprint density at radius 3 is 2.29 bits per heavy atom. The Kier molecular flexibility index (Phi) is 6.80. The van der Waals surface area contributed by atoms with E-state index in [9.17, 15) is 9.59 Å². The third-order valence-corrected chi connectivity index (χ3v) is 1.74. The molecule has 0 aromatic rings. The average molecular weight is 202 g/mol. The first-order chi connectivity index (χ1) is 6.61. The minimum Gasteiger partial charge on any atom is -0.466 e. The summed E-state index contributed by atoms with van der Waals surface area (Å²) in [6, 6.07) is 0. The standard InChI is InChI=1S/C10H18O4/c1-4-6-9(7-14-8(3)11)10(12)13-5-2/h9H,4-7H2,1-3H3. The van der Waals surface area contributed by atoms with Gasteiger partial charge in [-0.2, -0.15) is 0 Å². The van der Waals surface area contributed by atoms with Gasteiger partial charge in [-0.1, -0.05) is 13.3 Å². The maximum Gasteiger partial charge on any atom is 0.312 e. The first kappa shape index (κ1) is 12.9. The summed E-state index contributed by atoms with van der Waals surface area (Å²) >= 11 is 0. The SMILES string of the molecule is CCCC(COC(C)=O)C(=O)OCC. The Hall–Kier alpha value is -1.06. The average Bonchev–Trinajstić information content (AvgIpc) is 2.12. The van der Waals surface area contributed by atoms with E-state index in [2.05, 4.69) is 0 Å². The number of esters is 2. The van der Waals surface area contributed by atoms with Gasteiger partial charge in [0.25, 0.3) is 0 Å². The molecule has 14 heavy (non-hydrogen) atoms. The van der Waals surface area contributed by atoms with Crippen LogP contribution in [0, 0.1) is 5.92 Å². The van der Waals surface area contributed by atoms with Crippen LogP contribution < -0.4 is 0 Å². The summed E-state index contributed by atoms with van der Waals surface area (Å²) < 4.78 is 9.64. The quantitative estimate of drug-likeness (QED) is 0.613. The van der Waals surface area contributed by atoms with E-state index >= 15 is 0 Å². The molecule has 0 bridgehead atoms. The van der Waals surface area contributed by atoms with Gasteiger partial charge >= 0.3 is 11.9 Å². The number of carbonyl (C=O) groups excluding carboxylic acids is 2. The van der Waals surface area contributed by atoms with Crippen LogP contribution in [-0.4, -0.2) is 25.2 Å². The number of hydrogen-bond donors (Lipinski definition) is 0. The summed E-state index contributed by atoms with van der Waals surface area (Å²) in [4.78, 5) is 21.9. The van der Waals surface area contributed by atoms with Gasteiger partial charge in [-0.3, -0.25) is 9.59 Å². The van der Waals surface area contributed by atoms with Gasteiger partial charge in [0.2, 0.25) is 0 Å². The molecule has 0 aromatic carbocycles. The van der Waals surface area contributed by atoms with Gasteiger partial charge in [0.15, 0.2) is 0 Å². The Morgan fingerprint density at radius 2 is 1.86 bits per heavy atom. The van der Waals surface area contributed by atoms with Gasteiger partial charge in [-0.05, 0) is 13.3 Å². The van der Waals surface area contributed by atoms with E-state index in [0.29, 0.717) is 13.0 Å². The molecule has 0 fully saturated rings. The summed E-state index contributed by atoms with van der Waals surface area (Å²) in [5, 5.41) is 0. The van der Waals surface area contributed by atoms with Gasteiger partial charge in [0.1, 0.15) is 6.61 Å². The zero-order chi connectivity index (χ0) is 11.0. The van der Waals surface area contributed by atoms with Crippen LogP contribution in [0.5, 0.6) is 0 Å². The molecule has 0 spiro atoms. The highest BCUT2D eigenvalue weighted by Crippen LogP contribution is 2.09. The summed E-state index contributed by atoms with van der Waals surface area (Å²) in [7, 11) is 0. The molecule has 0 radical (unpaired) electrons. The second-order valence-electron chi connectivity index (χ2n) is 3.04. The van der Waals surface area contributed by atoms with Crippen LogP contribution in [0.1, 0.15) is 33.6 Å². The van der Waals surface area contributed by atoms with E-state index < -0.39 is 0 Å². The number of carbonyl (C=O) groups is 2. The molecular formula is C10H18O4. The largest absolute Gasteiger partial charge is 0.466 e. The summed E-state index contributed by atoms with van der Waals surface area (Å²) in [6.07, 6.45) is 1.55. The predicted octanol–water partition coefficient (Wildman–Crippen LogP) is 1.53. The number of ether oxygens (including phenoxy) is 2. The third kappa shape index (κ3) is 5.56. The molecule has 4 nitrogen and oxygen atoms in total. The molecule has 82 valence electrons. The van der Waals surface area contributed by atoms with Crippen molar-refractivity contribution < 1.29 is 19.1 Å². The summed E-state index contributed by atoms with van der Waals surface area (Å²) in [5.41, 5.74) is 0. The lowest BCUT2D eigenvalue weighted by Crippen LogP contribution is -2.23. The molecule has 0 aromatic heterocycles. The van der Waals surface area contributed by atoms with Crippen LogP contribution >= 0.6 is 0 Å². The van der Waals surface area contributed by atoms with E-state index in [0.717, 1.165) is 6.42 Å². The van der Waals surface area contributed by atoms with Gasteiger partial charge < -0.3 is 9.47 Å². The van der Waals surface area contributed by atoms with E-state index in [1.165, 1.54) is 6.92 Å². The van der Waals surface area contributed by atoms with E-state index in [-0.39, 0.29) is 24.5 Å². The van der Waals surface area contributed by atoms with Gasteiger partial charge in [0.05, 0.1) is 12.5 Å². The topological polar surface area (TPSA) is 52.6 Å². The second-order valence-corrected chi connectivity index (χ2v) is 3.04. The van der Waals surface area contributed by atoms with E-state index in [4.69, 9.17) is 9.47 Å². The van der Waals surface area contributed by atoms with Crippen LogP contribution in [0.15, 0.2) is 0 Å². The maximum absolute atomic E-state index is 11.3. The third-order valence-electron chi connectivity index (χ3n) is 1.74. The van der Waals surface area contributed by atoms with Crippen molar-refractivity contribution in [2.75, 3.05) is 13.2 Å². The lowest BCUT2D eigenvalue weighted by atomic mass is 10.1. The van der Waals surface area contributed by atoms with Crippen molar-refractivity contribution in [2.24, 2.45) is 5.92 Å². The molecule has 0 aliphatic rings. The Balaban J connectivity index is 3.99. The Morgan fingerprint density at radius 1 is 1.21 bits per heavy atom. The van der Waals surface area contributed by atoms with E-state index in [1.54, 1.807) is 6.92 Å². The normalized spacial score (nSPS) is 11.9.